The molecule has 0 saturated carbocycles. The molecule has 1 aliphatic heterocycles. The third kappa shape index (κ3) is 3.59. The fraction of sp³-hybridized carbons (Fsp3) is 0.700. The molecule has 0 aliphatic carbocycles. The monoisotopic (exact) mass is 297 g/mol. The number of aliphatic carboxylic acids is 1. The minimum Gasteiger partial charge on any atom is -0.480 e. The number of hydrogen-bond acceptors (Lipinski definition) is 4. The lowest BCUT2D eigenvalue weighted by Crippen LogP contribution is -2.53. The Morgan fingerprint density at radius 1 is 1.20 bits per heavy atom. The van der Waals surface area contributed by atoms with Gasteiger partial charge in [-0.2, -0.15) is 13.2 Å². The van der Waals surface area contributed by atoms with Crippen LogP contribution in [-0.4, -0.2) is 55.2 Å². The molecule has 1 atom stereocenters. The van der Waals surface area contributed by atoms with Crippen LogP contribution in [0.1, 0.15) is 6.42 Å². The van der Waals surface area contributed by atoms with Crippen molar-refractivity contribution in [1.29, 1.82) is 0 Å². The van der Waals surface area contributed by atoms with Crippen molar-refractivity contribution in [2.75, 3.05) is 26.2 Å². The first-order valence-electron chi connectivity index (χ1n) is 5.73. The summed E-state index contributed by atoms with van der Waals surface area (Å²) in [4.78, 5) is 33.0. The molecule has 0 spiro atoms. The quantitative estimate of drug-likeness (QED) is 0.512. The second-order valence-corrected chi connectivity index (χ2v) is 4.36. The molecule has 20 heavy (non-hydrogen) atoms. The van der Waals surface area contributed by atoms with Crippen LogP contribution in [0.2, 0.25) is 0 Å². The number of carbonyl (C=O) groups is 3. The van der Waals surface area contributed by atoms with Crippen molar-refractivity contribution in [3.8, 4) is 0 Å². The zero-order chi connectivity index (χ0) is 15.4. The number of carboxylic acids is 1. The molecule has 114 valence electrons. The molecule has 0 aromatic heterocycles. The average Bonchev–Trinajstić information content (AvgIpc) is 2.83. The number of hydrogen-bond donors (Lipinski definition) is 4. The van der Waals surface area contributed by atoms with E-state index in [2.05, 4.69) is 5.32 Å². The van der Waals surface area contributed by atoms with Gasteiger partial charge in [0.2, 0.25) is 11.8 Å². The van der Waals surface area contributed by atoms with Gasteiger partial charge in [-0.25, -0.2) is 0 Å². The van der Waals surface area contributed by atoms with Crippen molar-refractivity contribution < 1.29 is 32.7 Å². The third-order valence-electron chi connectivity index (χ3n) is 2.98. The smallest absolute Gasteiger partial charge is 0.404 e. The Balaban J connectivity index is 2.56. The fourth-order valence-corrected chi connectivity index (χ4v) is 1.82. The van der Waals surface area contributed by atoms with Gasteiger partial charge >= 0.3 is 12.1 Å². The summed E-state index contributed by atoms with van der Waals surface area (Å²) in [5.41, 5.74) is -2.54. The van der Waals surface area contributed by atoms with Gasteiger partial charge in [0.05, 0.1) is 6.54 Å². The number of carbonyl (C=O) groups excluding carboxylic acids is 2. The lowest BCUT2D eigenvalue weighted by Gasteiger charge is -2.29. The molecule has 0 bridgehead atoms. The van der Waals surface area contributed by atoms with Crippen molar-refractivity contribution in [2.24, 2.45) is 5.41 Å². The van der Waals surface area contributed by atoms with Gasteiger partial charge in [-0.3, -0.25) is 14.4 Å². The van der Waals surface area contributed by atoms with Gasteiger partial charge in [-0.15, -0.1) is 0 Å². The van der Waals surface area contributed by atoms with Crippen molar-refractivity contribution in [3.05, 3.63) is 0 Å². The molecule has 1 heterocycles. The fourth-order valence-electron chi connectivity index (χ4n) is 1.82. The standard InChI is InChI=1S/C10H14F3N3O4/c11-10(12,13)9(1-2-14-5-9)8(20)16-3-6(17)15-4-7(18)19/h14H,1-5H2,(H,15,17)(H,16,20)(H,18,19). The number of nitrogens with one attached hydrogen (secondary N) is 3. The van der Waals surface area contributed by atoms with Crippen LogP contribution < -0.4 is 16.0 Å². The van der Waals surface area contributed by atoms with Crippen LogP contribution in [0.25, 0.3) is 0 Å². The third-order valence-corrected chi connectivity index (χ3v) is 2.98. The Morgan fingerprint density at radius 2 is 1.85 bits per heavy atom. The van der Waals surface area contributed by atoms with Gasteiger partial charge in [0.25, 0.3) is 0 Å². The summed E-state index contributed by atoms with van der Waals surface area (Å²) in [5, 5.41) is 14.6. The Kier molecular flexibility index (Phi) is 4.93. The Morgan fingerprint density at radius 3 is 2.30 bits per heavy atom. The van der Waals surface area contributed by atoms with Crippen LogP contribution in [0.3, 0.4) is 0 Å². The number of alkyl halides is 3. The highest BCUT2D eigenvalue weighted by Crippen LogP contribution is 2.43. The first-order valence-corrected chi connectivity index (χ1v) is 5.73. The van der Waals surface area contributed by atoms with Gasteiger partial charge in [0.1, 0.15) is 6.54 Å². The van der Waals surface area contributed by atoms with E-state index < -0.39 is 55.4 Å². The lowest BCUT2D eigenvalue weighted by atomic mass is 9.85. The highest BCUT2D eigenvalue weighted by molar-refractivity contribution is 5.89. The topological polar surface area (TPSA) is 108 Å². The van der Waals surface area contributed by atoms with E-state index in [0.717, 1.165) is 0 Å². The van der Waals surface area contributed by atoms with Crippen LogP contribution in [0.15, 0.2) is 0 Å². The van der Waals surface area contributed by atoms with E-state index in [1.54, 1.807) is 0 Å². The molecule has 0 aromatic carbocycles. The minimum absolute atomic E-state index is 0.0537. The van der Waals surface area contributed by atoms with Gasteiger partial charge in [0.15, 0.2) is 5.41 Å². The van der Waals surface area contributed by atoms with Crippen LogP contribution in [0.4, 0.5) is 13.2 Å². The van der Waals surface area contributed by atoms with Crippen LogP contribution >= 0.6 is 0 Å². The summed E-state index contributed by atoms with van der Waals surface area (Å²) in [7, 11) is 0. The van der Waals surface area contributed by atoms with Crippen molar-refractivity contribution in [3.63, 3.8) is 0 Å². The summed E-state index contributed by atoms with van der Waals surface area (Å²) in [5.74, 6) is -3.46. The molecule has 0 aromatic rings. The maximum absolute atomic E-state index is 13.0. The maximum atomic E-state index is 13.0. The van der Waals surface area contributed by atoms with Crippen LogP contribution in [0.5, 0.6) is 0 Å². The summed E-state index contributed by atoms with van der Waals surface area (Å²) in [6, 6.07) is 0. The molecule has 10 heteroatoms. The second kappa shape index (κ2) is 6.07. The lowest BCUT2D eigenvalue weighted by molar-refractivity contribution is -0.216. The minimum atomic E-state index is -4.72. The number of halogens is 3. The average molecular weight is 297 g/mol. The van der Waals surface area contributed by atoms with E-state index in [1.165, 1.54) is 0 Å². The molecular formula is C10H14F3N3O4. The molecule has 0 radical (unpaired) electrons. The molecule has 1 fully saturated rings. The maximum Gasteiger partial charge on any atom is 0.404 e. The van der Waals surface area contributed by atoms with E-state index in [-0.39, 0.29) is 6.54 Å². The Labute approximate surface area is 111 Å². The van der Waals surface area contributed by atoms with Gasteiger partial charge in [0, 0.05) is 6.54 Å². The molecule has 4 N–H and O–H groups in total. The molecule has 1 unspecified atom stereocenters. The zero-order valence-corrected chi connectivity index (χ0v) is 10.3. The molecule has 1 aliphatic rings. The van der Waals surface area contributed by atoms with E-state index >= 15 is 0 Å². The SMILES string of the molecule is O=C(O)CNC(=O)CNC(=O)C1(C(F)(F)F)CCNC1. The van der Waals surface area contributed by atoms with E-state index in [4.69, 9.17) is 5.11 Å². The highest BCUT2D eigenvalue weighted by Gasteiger charge is 2.61. The normalized spacial score (nSPS) is 22.4. The molecule has 7 nitrogen and oxygen atoms in total. The predicted octanol–water partition coefficient (Wildman–Crippen LogP) is -1.15. The molecular weight excluding hydrogens is 283 g/mol. The predicted molar refractivity (Wildman–Crippen MR) is 59.6 cm³/mol. The van der Waals surface area contributed by atoms with Crippen molar-refractivity contribution in [2.45, 2.75) is 12.6 Å². The summed E-state index contributed by atoms with van der Waals surface area (Å²) in [6.45, 7) is -1.86. The van der Waals surface area contributed by atoms with Crippen molar-refractivity contribution >= 4 is 17.8 Å². The first kappa shape index (κ1) is 16.2. The van der Waals surface area contributed by atoms with Gasteiger partial charge in [-0.05, 0) is 13.0 Å². The summed E-state index contributed by atoms with van der Waals surface area (Å²) >= 11 is 0. The van der Waals surface area contributed by atoms with Gasteiger partial charge in [-0.1, -0.05) is 0 Å². The summed E-state index contributed by atoms with van der Waals surface area (Å²) in [6.07, 6.45) is -5.13. The van der Waals surface area contributed by atoms with E-state index in [9.17, 15) is 27.6 Å². The van der Waals surface area contributed by atoms with Gasteiger partial charge < -0.3 is 21.1 Å². The molecule has 1 saturated heterocycles. The molecule has 2 amide bonds. The Hall–Kier alpha value is -1.84. The number of carboxylic acid groups (broad SMARTS) is 1. The second-order valence-electron chi connectivity index (χ2n) is 4.36. The van der Waals surface area contributed by atoms with Crippen LogP contribution in [0, 0.1) is 5.41 Å². The number of rotatable bonds is 5. The largest absolute Gasteiger partial charge is 0.480 e. The summed E-state index contributed by atoms with van der Waals surface area (Å²) < 4.78 is 38.9. The molecule has 1 rings (SSSR count). The highest BCUT2D eigenvalue weighted by atomic mass is 19.4. The zero-order valence-electron chi connectivity index (χ0n) is 10.3. The van der Waals surface area contributed by atoms with Crippen molar-refractivity contribution in [1.82, 2.24) is 16.0 Å². The number of amides is 2. The first-order chi connectivity index (χ1) is 9.19. The van der Waals surface area contributed by atoms with Crippen LogP contribution in [-0.2, 0) is 14.4 Å². The Bertz CT molecular complexity index is 405. The van der Waals surface area contributed by atoms with E-state index in [1.807, 2.05) is 10.6 Å². The van der Waals surface area contributed by atoms with E-state index in [0.29, 0.717) is 0 Å².